The fourth-order valence-electron chi connectivity index (χ4n) is 1.93. The number of nitrogens with two attached hydrogens (primary N) is 1. The standard InChI is InChI=1S/C13H14N6S/c1-19-8-16-17-10(19)7-15-13-11(12(14)18-20-13)9-5-3-2-4-6-9/h2-6,8,15H,7H2,1H3,(H2,14,18). The summed E-state index contributed by atoms with van der Waals surface area (Å²) in [6, 6.07) is 9.99. The Morgan fingerprint density at radius 1 is 1.30 bits per heavy atom. The number of hydrogen-bond donors (Lipinski definition) is 2. The molecule has 0 fully saturated rings. The van der Waals surface area contributed by atoms with Gasteiger partial charge < -0.3 is 15.6 Å². The summed E-state index contributed by atoms with van der Waals surface area (Å²) < 4.78 is 6.10. The second kappa shape index (κ2) is 5.30. The van der Waals surface area contributed by atoms with Crippen molar-refractivity contribution in [3.8, 4) is 11.1 Å². The maximum absolute atomic E-state index is 5.98. The number of rotatable bonds is 4. The fourth-order valence-corrected chi connectivity index (χ4v) is 2.66. The number of nitrogens with zero attached hydrogens (tertiary/aromatic N) is 4. The van der Waals surface area contributed by atoms with Crippen molar-refractivity contribution in [2.45, 2.75) is 6.54 Å². The van der Waals surface area contributed by atoms with Crippen LogP contribution in [0.3, 0.4) is 0 Å². The van der Waals surface area contributed by atoms with Crippen LogP contribution in [0.25, 0.3) is 11.1 Å². The van der Waals surface area contributed by atoms with Crippen molar-refractivity contribution in [1.82, 2.24) is 19.1 Å². The first kappa shape index (κ1) is 12.6. The summed E-state index contributed by atoms with van der Waals surface area (Å²) in [6.07, 6.45) is 1.68. The van der Waals surface area contributed by atoms with Gasteiger partial charge in [-0.25, -0.2) is 0 Å². The van der Waals surface area contributed by atoms with Gasteiger partial charge in [0, 0.05) is 7.05 Å². The molecule has 6 nitrogen and oxygen atoms in total. The molecule has 7 heteroatoms. The quantitative estimate of drug-likeness (QED) is 0.768. The van der Waals surface area contributed by atoms with Gasteiger partial charge in [0.2, 0.25) is 0 Å². The lowest BCUT2D eigenvalue weighted by Crippen LogP contribution is -2.05. The molecule has 0 spiro atoms. The zero-order valence-electron chi connectivity index (χ0n) is 10.9. The summed E-state index contributed by atoms with van der Waals surface area (Å²) in [6.45, 7) is 0.581. The maximum atomic E-state index is 5.98. The van der Waals surface area contributed by atoms with E-state index in [0.29, 0.717) is 12.4 Å². The third kappa shape index (κ3) is 2.35. The average molecular weight is 286 g/mol. The summed E-state index contributed by atoms with van der Waals surface area (Å²) in [7, 11) is 1.91. The van der Waals surface area contributed by atoms with Crippen molar-refractivity contribution in [1.29, 1.82) is 0 Å². The molecule has 3 rings (SSSR count). The van der Waals surface area contributed by atoms with Gasteiger partial charge in [0.1, 0.15) is 17.1 Å². The largest absolute Gasteiger partial charge is 0.382 e. The second-order valence-corrected chi connectivity index (χ2v) is 5.12. The lowest BCUT2D eigenvalue weighted by atomic mass is 10.1. The Balaban J connectivity index is 1.86. The van der Waals surface area contributed by atoms with Gasteiger partial charge in [-0.1, -0.05) is 30.3 Å². The molecule has 0 radical (unpaired) electrons. The molecule has 0 aliphatic carbocycles. The van der Waals surface area contributed by atoms with Crippen LogP contribution in [-0.4, -0.2) is 19.1 Å². The van der Waals surface area contributed by atoms with Crippen molar-refractivity contribution in [2.75, 3.05) is 11.1 Å². The van der Waals surface area contributed by atoms with E-state index in [1.165, 1.54) is 11.5 Å². The molecule has 0 amide bonds. The first-order valence-corrected chi connectivity index (χ1v) is 6.90. The van der Waals surface area contributed by atoms with Crippen LogP contribution in [0, 0.1) is 0 Å². The Labute approximate surface area is 120 Å². The van der Waals surface area contributed by atoms with Crippen molar-refractivity contribution in [2.24, 2.45) is 7.05 Å². The van der Waals surface area contributed by atoms with Gasteiger partial charge in [0.25, 0.3) is 0 Å². The van der Waals surface area contributed by atoms with Crippen LogP contribution in [0.5, 0.6) is 0 Å². The van der Waals surface area contributed by atoms with Crippen LogP contribution in [0.2, 0.25) is 0 Å². The topological polar surface area (TPSA) is 81.7 Å². The molecule has 0 bridgehead atoms. The molecule has 20 heavy (non-hydrogen) atoms. The Hall–Kier alpha value is -2.41. The Morgan fingerprint density at radius 3 is 2.80 bits per heavy atom. The number of aryl methyl sites for hydroxylation is 1. The Kier molecular flexibility index (Phi) is 3.34. The van der Waals surface area contributed by atoms with E-state index in [4.69, 9.17) is 5.73 Å². The van der Waals surface area contributed by atoms with E-state index < -0.39 is 0 Å². The maximum Gasteiger partial charge on any atom is 0.151 e. The van der Waals surface area contributed by atoms with E-state index in [2.05, 4.69) is 19.9 Å². The molecule has 3 aromatic rings. The smallest absolute Gasteiger partial charge is 0.151 e. The third-order valence-electron chi connectivity index (χ3n) is 2.99. The summed E-state index contributed by atoms with van der Waals surface area (Å²) in [5, 5.41) is 12.2. The lowest BCUT2D eigenvalue weighted by molar-refractivity contribution is 0.813. The van der Waals surface area contributed by atoms with Gasteiger partial charge in [-0.05, 0) is 17.1 Å². The highest BCUT2D eigenvalue weighted by Gasteiger charge is 2.13. The van der Waals surface area contributed by atoms with E-state index in [1.807, 2.05) is 41.9 Å². The first-order valence-electron chi connectivity index (χ1n) is 6.13. The molecule has 0 aliphatic heterocycles. The number of nitrogen functional groups attached to an aromatic ring is 1. The van der Waals surface area contributed by atoms with Crippen LogP contribution >= 0.6 is 11.5 Å². The summed E-state index contributed by atoms with van der Waals surface area (Å²) >= 11 is 1.36. The minimum Gasteiger partial charge on any atom is -0.382 e. The van der Waals surface area contributed by atoms with Gasteiger partial charge in [0.15, 0.2) is 5.82 Å². The number of hydrogen-bond acceptors (Lipinski definition) is 6. The number of benzene rings is 1. The average Bonchev–Trinajstić information content (AvgIpc) is 3.03. The molecule has 102 valence electrons. The SMILES string of the molecule is Cn1cnnc1CNc1snc(N)c1-c1ccccc1. The predicted octanol–water partition coefficient (Wildman–Crippen LogP) is 2.13. The Morgan fingerprint density at radius 2 is 2.10 bits per heavy atom. The molecule has 0 saturated heterocycles. The van der Waals surface area contributed by atoms with Crippen molar-refractivity contribution in [3.05, 3.63) is 42.5 Å². The summed E-state index contributed by atoms with van der Waals surface area (Å²) in [5.41, 5.74) is 7.98. The number of anilines is 2. The van der Waals surface area contributed by atoms with E-state index in [0.717, 1.165) is 22.0 Å². The lowest BCUT2D eigenvalue weighted by Gasteiger charge is -2.06. The summed E-state index contributed by atoms with van der Waals surface area (Å²) in [4.78, 5) is 0. The fraction of sp³-hybridized carbons (Fsp3) is 0.154. The zero-order valence-corrected chi connectivity index (χ0v) is 11.8. The molecule has 3 N–H and O–H groups in total. The van der Waals surface area contributed by atoms with E-state index in [1.54, 1.807) is 6.33 Å². The molecule has 2 aromatic heterocycles. The van der Waals surface area contributed by atoms with Gasteiger partial charge in [0.05, 0.1) is 12.1 Å². The van der Waals surface area contributed by atoms with Gasteiger partial charge in [-0.15, -0.1) is 10.2 Å². The molecular weight excluding hydrogens is 272 g/mol. The number of aromatic nitrogens is 4. The van der Waals surface area contributed by atoms with Crippen LogP contribution in [-0.2, 0) is 13.6 Å². The van der Waals surface area contributed by atoms with Crippen LogP contribution in [0.15, 0.2) is 36.7 Å². The van der Waals surface area contributed by atoms with Crippen molar-refractivity contribution < 1.29 is 0 Å². The second-order valence-electron chi connectivity index (χ2n) is 4.35. The van der Waals surface area contributed by atoms with Crippen LogP contribution < -0.4 is 11.1 Å². The minimum atomic E-state index is 0.543. The molecule has 0 aliphatic rings. The van der Waals surface area contributed by atoms with Crippen molar-refractivity contribution >= 4 is 22.4 Å². The first-order chi connectivity index (χ1) is 9.75. The molecule has 0 saturated carbocycles. The van der Waals surface area contributed by atoms with Crippen LogP contribution in [0.4, 0.5) is 10.8 Å². The van der Waals surface area contributed by atoms with E-state index >= 15 is 0 Å². The monoisotopic (exact) mass is 286 g/mol. The predicted molar refractivity (Wildman–Crippen MR) is 80.3 cm³/mol. The Bertz CT molecular complexity index is 703. The van der Waals surface area contributed by atoms with Gasteiger partial charge >= 0.3 is 0 Å². The molecule has 0 unspecified atom stereocenters. The molecular formula is C13H14N6S. The van der Waals surface area contributed by atoms with Crippen LogP contribution in [0.1, 0.15) is 5.82 Å². The van der Waals surface area contributed by atoms with Crippen molar-refractivity contribution in [3.63, 3.8) is 0 Å². The normalized spacial score (nSPS) is 10.7. The van der Waals surface area contributed by atoms with Gasteiger partial charge in [-0.2, -0.15) is 4.37 Å². The van der Waals surface area contributed by atoms with E-state index in [-0.39, 0.29) is 0 Å². The highest BCUT2D eigenvalue weighted by molar-refractivity contribution is 7.11. The van der Waals surface area contributed by atoms with E-state index in [9.17, 15) is 0 Å². The minimum absolute atomic E-state index is 0.543. The third-order valence-corrected chi connectivity index (χ3v) is 3.81. The number of nitrogens with one attached hydrogen (secondary N) is 1. The molecule has 0 atom stereocenters. The molecule has 1 aromatic carbocycles. The molecule has 2 heterocycles. The highest BCUT2D eigenvalue weighted by Crippen LogP contribution is 2.36. The van der Waals surface area contributed by atoms with Gasteiger partial charge in [-0.3, -0.25) is 0 Å². The highest BCUT2D eigenvalue weighted by atomic mass is 32.1. The summed E-state index contributed by atoms with van der Waals surface area (Å²) in [5.74, 6) is 1.40. The zero-order chi connectivity index (χ0) is 13.9.